The highest BCUT2D eigenvalue weighted by atomic mass is 35.5. The van der Waals surface area contributed by atoms with E-state index in [1.807, 2.05) is 6.92 Å². The number of carboxylic acid groups (broad SMARTS) is 1. The summed E-state index contributed by atoms with van der Waals surface area (Å²) in [5.41, 5.74) is -0.495. The third-order valence-electron chi connectivity index (χ3n) is 3.80. The largest absolute Gasteiger partial charge is 0.479 e. The van der Waals surface area contributed by atoms with E-state index in [0.717, 1.165) is 0 Å². The third kappa shape index (κ3) is 3.39. The second-order valence-corrected chi connectivity index (χ2v) is 6.31. The Balaban J connectivity index is 2.40. The van der Waals surface area contributed by atoms with Gasteiger partial charge in [-0.1, -0.05) is 29.3 Å². The first-order chi connectivity index (χ1) is 11.2. The van der Waals surface area contributed by atoms with E-state index in [-0.39, 0.29) is 5.02 Å². The minimum Gasteiger partial charge on any atom is -0.479 e. The van der Waals surface area contributed by atoms with E-state index in [1.165, 1.54) is 25.1 Å². The summed E-state index contributed by atoms with van der Waals surface area (Å²) in [5.74, 6) is -1.74. The maximum atomic E-state index is 12.6. The van der Waals surface area contributed by atoms with E-state index in [2.05, 4.69) is 10.4 Å². The predicted octanol–water partition coefficient (Wildman–Crippen LogP) is 3.25. The van der Waals surface area contributed by atoms with Crippen molar-refractivity contribution >= 4 is 35.1 Å². The molecule has 2 aromatic rings. The minimum atomic E-state index is -1.66. The van der Waals surface area contributed by atoms with Gasteiger partial charge in [0, 0.05) is 12.7 Å². The van der Waals surface area contributed by atoms with Gasteiger partial charge in [-0.15, -0.1) is 0 Å². The van der Waals surface area contributed by atoms with E-state index < -0.39 is 17.4 Å². The molecule has 0 aliphatic heterocycles. The van der Waals surface area contributed by atoms with Gasteiger partial charge in [0.15, 0.2) is 5.54 Å². The van der Waals surface area contributed by atoms with Crippen LogP contribution in [0, 0.1) is 6.92 Å². The van der Waals surface area contributed by atoms with Crippen LogP contribution in [0.3, 0.4) is 0 Å². The molecule has 6 nitrogen and oxygen atoms in total. The Bertz CT molecular complexity index is 804. The first kappa shape index (κ1) is 18.3. The van der Waals surface area contributed by atoms with Crippen LogP contribution >= 0.6 is 23.2 Å². The highest BCUT2D eigenvalue weighted by molar-refractivity contribution is 6.42. The van der Waals surface area contributed by atoms with E-state index in [9.17, 15) is 14.7 Å². The molecular weight excluding hydrogens is 353 g/mol. The molecular formula is C16H17Cl2N3O3. The third-order valence-corrected chi connectivity index (χ3v) is 4.54. The average molecular weight is 370 g/mol. The van der Waals surface area contributed by atoms with Gasteiger partial charge in [-0.2, -0.15) is 5.10 Å². The number of aromatic nitrogens is 2. The average Bonchev–Trinajstić information content (AvgIpc) is 2.90. The fraction of sp³-hybridized carbons (Fsp3) is 0.312. The van der Waals surface area contributed by atoms with Crippen molar-refractivity contribution in [1.82, 2.24) is 15.1 Å². The number of carboxylic acids is 1. The summed E-state index contributed by atoms with van der Waals surface area (Å²) in [6.07, 6.45) is 1.59. The van der Waals surface area contributed by atoms with E-state index >= 15 is 0 Å². The van der Waals surface area contributed by atoms with Crippen LogP contribution < -0.4 is 5.32 Å². The number of rotatable bonds is 5. The second-order valence-electron chi connectivity index (χ2n) is 5.50. The smallest absolute Gasteiger partial charge is 0.333 e. The number of carbonyl (C=O) groups excluding carboxylic acids is 1. The molecule has 0 radical (unpaired) electrons. The highest BCUT2D eigenvalue weighted by Gasteiger charge is 2.38. The number of halogens is 2. The monoisotopic (exact) mass is 369 g/mol. The lowest BCUT2D eigenvalue weighted by Gasteiger charge is -2.27. The maximum Gasteiger partial charge on any atom is 0.333 e. The molecule has 0 bridgehead atoms. The van der Waals surface area contributed by atoms with Crippen molar-refractivity contribution in [2.75, 3.05) is 0 Å². The number of nitrogens with one attached hydrogen (secondary N) is 1. The SMILES string of the molecule is CCn1cc(C(=O)NC(C)(C(=O)O)c2ccc(Cl)c(Cl)c2)c(C)n1. The Morgan fingerprint density at radius 3 is 2.50 bits per heavy atom. The normalized spacial score (nSPS) is 13.4. The van der Waals surface area contributed by atoms with Crippen molar-refractivity contribution in [3.63, 3.8) is 0 Å². The lowest BCUT2D eigenvalue weighted by molar-refractivity contribution is -0.144. The summed E-state index contributed by atoms with van der Waals surface area (Å²) in [4.78, 5) is 24.4. The molecule has 1 heterocycles. The van der Waals surface area contributed by atoms with Crippen LogP contribution in [0.25, 0.3) is 0 Å². The van der Waals surface area contributed by atoms with Crippen molar-refractivity contribution in [3.8, 4) is 0 Å². The number of amides is 1. The lowest BCUT2D eigenvalue weighted by atomic mass is 9.91. The van der Waals surface area contributed by atoms with Gasteiger partial charge in [0.05, 0.1) is 21.3 Å². The number of hydrogen-bond donors (Lipinski definition) is 2. The van der Waals surface area contributed by atoms with Gasteiger partial charge in [-0.25, -0.2) is 4.79 Å². The number of nitrogens with zero attached hydrogens (tertiary/aromatic N) is 2. The van der Waals surface area contributed by atoms with Crippen LogP contribution in [0.2, 0.25) is 10.0 Å². The molecule has 1 unspecified atom stereocenters. The molecule has 128 valence electrons. The number of benzene rings is 1. The van der Waals surface area contributed by atoms with Gasteiger partial charge in [0.25, 0.3) is 5.91 Å². The standard InChI is InChI=1S/C16H17Cl2N3O3/c1-4-21-8-11(9(2)20-21)14(22)19-16(3,15(23)24)10-5-6-12(17)13(18)7-10/h5-8H,4H2,1-3H3,(H,19,22)(H,23,24). The van der Waals surface area contributed by atoms with Crippen LogP contribution in [0.1, 0.15) is 35.5 Å². The fourth-order valence-electron chi connectivity index (χ4n) is 2.25. The zero-order valence-corrected chi connectivity index (χ0v) is 14.9. The Kier molecular flexibility index (Phi) is 5.20. The Hall–Kier alpha value is -2.05. The fourth-order valence-corrected chi connectivity index (χ4v) is 2.55. The van der Waals surface area contributed by atoms with Crippen molar-refractivity contribution in [1.29, 1.82) is 0 Å². The van der Waals surface area contributed by atoms with Gasteiger partial charge in [-0.05, 0) is 38.5 Å². The topological polar surface area (TPSA) is 84.2 Å². The number of hydrogen-bond acceptors (Lipinski definition) is 3. The van der Waals surface area contributed by atoms with Gasteiger partial charge in [0.1, 0.15) is 0 Å². The van der Waals surface area contributed by atoms with Gasteiger partial charge >= 0.3 is 5.97 Å². The molecule has 0 saturated carbocycles. The molecule has 1 aromatic heterocycles. The lowest BCUT2D eigenvalue weighted by Crippen LogP contribution is -2.49. The Morgan fingerprint density at radius 2 is 2.00 bits per heavy atom. The molecule has 1 atom stereocenters. The molecule has 8 heteroatoms. The Morgan fingerprint density at radius 1 is 1.33 bits per heavy atom. The molecule has 0 spiro atoms. The van der Waals surface area contributed by atoms with Crippen molar-refractivity contribution in [2.24, 2.45) is 0 Å². The van der Waals surface area contributed by atoms with Crippen LogP contribution in [0.15, 0.2) is 24.4 Å². The van der Waals surface area contributed by atoms with Crippen LogP contribution in [0.5, 0.6) is 0 Å². The second kappa shape index (κ2) is 6.83. The van der Waals surface area contributed by atoms with E-state index in [1.54, 1.807) is 17.8 Å². The van der Waals surface area contributed by atoms with Crippen LogP contribution in [0.4, 0.5) is 0 Å². The van der Waals surface area contributed by atoms with Gasteiger partial charge < -0.3 is 10.4 Å². The first-order valence-corrected chi connectivity index (χ1v) is 8.00. The molecule has 24 heavy (non-hydrogen) atoms. The summed E-state index contributed by atoms with van der Waals surface area (Å²) < 4.78 is 1.61. The molecule has 0 aliphatic rings. The Labute approximate surface area is 149 Å². The number of carbonyl (C=O) groups is 2. The van der Waals surface area contributed by atoms with Crippen molar-refractivity contribution in [2.45, 2.75) is 32.9 Å². The molecule has 1 amide bonds. The molecule has 1 aromatic carbocycles. The summed E-state index contributed by atoms with van der Waals surface area (Å²) in [6.45, 7) is 5.59. The van der Waals surface area contributed by atoms with Crippen molar-refractivity contribution in [3.05, 3.63) is 51.3 Å². The zero-order chi connectivity index (χ0) is 18.1. The van der Waals surface area contributed by atoms with Crippen LogP contribution in [-0.2, 0) is 16.9 Å². The molecule has 0 aliphatic carbocycles. The molecule has 0 fully saturated rings. The summed E-state index contributed by atoms with van der Waals surface area (Å²) in [6, 6.07) is 4.44. The predicted molar refractivity (Wildman–Crippen MR) is 91.6 cm³/mol. The number of aliphatic carboxylic acids is 1. The van der Waals surface area contributed by atoms with Gasteiger partial charge in [0.2, 0.25) is 0 Å². The first-order valence-electron chi connectivity index (χ1n) is 7.24. The summed E-state index contributed by atoms with van der Waals surface area (Å²) >= 11 is 11.8. The van der Waals surface area contributed by atoms with Crippen molar-refractivity contribution < 1.29 is 14.7 Å². The van der Waals surface area contributed by atoms with Crippen LogP contribution in [-0.4, -0.2) is 26.8 Å². The molecule has 0 saturated heterocycles. The molecule has 2 N–H and O–H groups in total. The highest BCUT2D eigenvalue weighted by Crippen LogP contribution is 2.29. The maximum absolute atomic E-state index is 12.6. The minimum absolute atomic E-state index is 0.214. The quantitative estimate of drug-likeness (QED) is 0.846. The zero-order valence-electron chi connectivity index (χ0n) is 13.4. The van der Waals surface area contributed by atoms with Gasteiger partial charge in [-0.3, -0.25) is 9.48 Å². The number of aryl methyl sites for hydroxylation is 2. The summed E-state index contributed by atoms with van der Waals surface area (Å²) in [5, 5.41) is 16.9. The van der Waals surface area contributed by atoms with E-state index in [0.29, 0.717) is 28.4 Å². The van der Waals surface area contributed by atoms with E-state index in [4.69, 9.17) is 23.2 Å². The summed E-state index contributed by atoms with van der Waals surface area (Å²) in [7, 11) is 0. The molecule has 2 rings (SSSR count).